The van der Waals surface area contributed by atoms with E-state index in [4.69, 9.17) is 5.73 Å². The fourth-order valence-corrected chi connectivity index (χ4v) is 0. The standard InChI is InChI=1S/C3H6NO.Y/c1-3(4)2-5;/h3H,4H2,1H3;/q-1;. The first-order valence-electron chi connectivity index (χ1n) is 1.40. The average Bonchev–Trinajstić information content (AvgIpc) is 1.38. The van der Waals surface area contributed by atoms with Gasteiger partial charge < -0.3 is 10.5 Å². The predicted octanol–water partition coefficient (Wildman–Crippen LogP) is -0.559. The van der Waals surface area contributed by atoms with Gasteiger partial charge in [0.1, 0.15) is 0 Å². The van der Waals surface area contributed by atoms with Crippen LogP contribution in [0.4, 0.5) is 0 Å². The Morgan fingerprint density at radius 3 is 2.00 bits per heavy atom. The van der Waals surface area contributed by atoms with Gasteiger partial charge >= 0.3 is 0 Å². The van der Waals surface area contributed by atoms with E-state index in [2.05, 4.69) is 0 Å². The summed E-state index contributed by atoms with van der Waals surface area (Å²) < 4.78 is 0. The molecule has 1 unspecified atom stereocenters. The van der Waals surface area contributed by atoms with Gasteiger partial charge in [-0.1, -0.05) is 13.0 Å². The second kappa shape index (κ2) is 5.73. The van der Waals surface area contributed by atoms with E-state index < -0.39 is 6.04 Å². The van der Waals surface area contributed by atoms with Gasteiger partial charge in [0.05, 0.1) is 0 Å². The van der Waals surface area contributed by atoms with Crippen molar-refractivity contribution in [1.82, 2.24) is 0 Å². The summed E-state index contributed by atoms with van der Waals surface area (Å²) in [6.45, 7) is 1.58. The van der Waals surface area contributed by atoms with Gasteiger partial charge in [-0.2, -0.15) is 0 Å². The zero-order valence-electron chi connectivity index (χ0n) is 3.64. The first kappa shape index (κ1) is 9.88. The first-order valence-corrected chi connectivity index (χ1v) is 1.40. The molecule has 33 valence electrons. The maximum absolute atomic E-state index is 9.25. The molecule has 2 nitrogen and oxygen atoms in total. The Morgan fingerprint density at radius 2 is 2.00 bits per heavy atom. The molecule has 3 heteroatoms. The van der Waals surface area contributed by atoms with Crippen molar-refractivity contribution >= 4 is 6.29 Å². The second-order valence-electron chi connectivity index (χ2n) is 0.907. The van der Waals surface area contributed by atoms with Crippen LogP contribution >= 0.6 is 0 Å². The van der Waals surface area contributed by atoms with E-state index in [0.717, 1.165) is 0 Å². The second-order valence-corrected chi connectivity index (χ2v) is 0.907. The summed E-state index contributed by atoms with van der Waals surface area (Å²) >= 11 is 0. The molecular weight excluding hydrogens is 155 g/mol. The van der Waals surface area contributed by atoms with E-state index in [-0.39, 0.29) is 32.7 Å². The van der Waals surface area contributed by atoms with Gasteiger partial charge in [0.15, 0.2) is 0 Å². The van der Waals surface area contributed by atoms with Crippen LogP contribution in [0.25, 0.3) is 0 Å². The van der Waals surface area contributed by atoms with Crippen molar-refractivity contribution in [3.05, 3.63) is 0 Å². The number of carbonyl (C=O) groups excluding carboxylic acids is 1. The van der Waals surface area contributed by atoms with Crippen molar-refractivity contribution in [2.45, 2.75) is 13.0 Å². The molecule has 0 fully saturated rings. The molecule has 0 bridgehead atoms. The molecule has 0 aromatic heterocycles. The van der Waals surface area contributed by atoms with Crippen molar-refractivity contribution in [1.29, 1.82) is 0 Å². The minimum Gasteiger partial charge on any atom is -0.540 e. The normalized spacial score (nSPS) is 11.7. The number of hydrogen-bond donors (Lipinski definition) is 1. The summed E-state index contributed by atoms with van der Waals surface area (Å²) in [6, 6.07) is -0.421. The molecule has 0 heterocycles. The molecule has 0 amide bonds. The molecule has 0 aromatic carbocycles. The molecule has 2 N–H and O–H groups in total. The fourth-order valence-electron chi connectivity index (χ4n) is 0. The maximum Gasteiger partial charge on any atom is 0 e. The number of nitrogens with two attached hydrogens (primary N) is 1. The van der Waals surface area contributed by atoms with Crippen molar-refractivity contribution in [2.75, 3.05) is 0 Å². The molecule has 0 rings (SSSR count). The van der Waals surface area contributed by atoms with Crippen LogP contribution in [0, 0.1) is 0 Å². The van der Waals surface area contributed by atoms with E-state index in [1.165, 1.54) is 0 Å². The molecule has 0 spiro atoms. The third kappa shape index (κ3) is 8.83. The van der Waals surface area contributed by atoms with Gasteiger partial charge in [0.2, 0.25) is 0 Å². The van der Waals surface area contributed by atoms with Gasteiger partial charge in [-0.15, -0.1) is 0 Å². The zero-order chi connectivity index (χ0) is 4.28. The SMILES string of the molecule is CC(N)[C-]=O.[Y]. The molecule has 0 aliphatic heterocycles. The van der Waals surface area contributed by atoms with E-state index >= 15 is 0 Å². The molecule has 1 atom stereocenters. The van der Waals surface area contributed by atoms with Crippen LogP contribution in [-0.2, 0) is 37.5 Å². The zero-order valence-corrected chi connectivity index (χ0v) is 6.48. The van der Waals surface area contributed by atoms with Crippen LogP contribution in [0.15, 0.2) is 0 Å². The fraction of sp³-hybridized carbons (Fsp3) is 0.667. The first-order chi connectivity index (χ1) is 2.27. The molecule has 0 saturated carbocycles. The van der Waals surface area contributed by atoms with E-state index in [1.807, 2.05) is 0 Å². The van der Waals surface area contributed by atoms with Gasteiger partial charge in [-0.25, -0.2) is 6.29 Å². The maximum atomic E-state index is 9.25. The van der Waals surface area contributed by atoms with Crippen LogP contribution in [0.5, 0.6) is 0 Å². The minimum absolute atomic E-state index is 0. The molecule has 1 radical (unpaired) electrons. The molecular formula is C3H6NOY-. The molecule has 0 aromatic rings. The largest absolute Gasteiger partial charge is 0.540 e. The van der Waals surface area contributed by atoms with Crippen LogP contribution in [0.3, 0.4) is 0 Å². The summed E-state index contributed by atoms with van der Waals surface area (Å²) in [5.41, 5.74) is 4.87. The van der Waals surface area contributed by atoms with Crippen molar-refractivity contribution < 1.29 is 37.5 Å². The van der Waals surface area contributed by atoms with E-state index in [9.17, 15) is 4.79 Å². The summed E-state index contributed by atoms with van der Waals surface area (Å²) in [5.74, 6) is 0. The molecule has 0 saturated heterocycles. The van der Waals surface area contributed by atoms with E-state index in [1.54, 1.807) is 13.2 Å². The van der Waals surface area contributed by atoms with Crippen molar-refractivity contribution in [3.63, 3.8) is 0 Å². The van der Waals surface area contributed by atoms with Crippen LogP contribution in [-0.4, -0.2) is 12.3 Å². The Kier molecular flexibility index (Phi) is 9.44. The quantitative estimate of drug-likeness (QED) is 0.524. The topological polar surface area (TPSA) is 43.1 Å². The third-order valence-electron chi connectivity index (χ3n) is 0.186. The summed E-state index contributed by atoms with van der Waals surface area (Å²) in [7, 11) is 0. The minimum atomic E-state index is -0.421. The Bertz CT molecular complexity index is 37.8. The van der Waals surface area contributed by atoms with Gasteiger partial charge in [0.25, 0.3) is 0 Å². The van der Waals surface area contributed by atoms with Gasteiger partial charge in [-0.3, -0.25) is 0 Å². The molecule has 0 aliphatic rings. The summed E-state index contributed by atoms with van der Waals surface area (Å²) in [5, 5.41) is 0. The van der Waals surface area contributed by atoms with Crippen LogP contribution in [0.2, 0.25) is 0 Å². The predicted molar refractivity (Wildman–Crippen MR) is 19.3 cm³/mol. The Hall–Kier alpha value is 0.734. The smallest absolute Gasteiger partial charge is 0 e. The Balaban J connectivity index is 0. The summed E-state index contributed by atoms with van der Waals surface area (Å²) in [4.78, 5) is 9.25. The summed E-state index contributed by atoms with van der Waals surface area (Å²) in [6.07, 6.45) is 1.56. The monoisotopic (exact) mass is 161 g/mol. The van der Waals surface area contributed by atoms with Crippen molar-refractivity contribution in [2.24, 2.45) is 5.73 Å². The Labute approximate surface area is 62.4 Å². The average molecular weight is 161 g/mol. The number of rotatable bonds is 1. The van der Waals surface area contributed by atoms with Gasteiger partial charge in [-0.05, 0) is 0 Å². The Morgan fingerprint density at radius 1 is 1.83 bits per heavy atom. The molecule has 0 aliphatic carbocycles. The van der Waals surface area contributed by atoms with Crippen LogP contribution < -0.4 is 5.73 Å². The number of hydrogen-bond acceptors (Lipinski definition) is 2. The van der Waals surface area contributed by atoms with Crippen molar-refractivity contribution in [3.8, 4) is 0 Å². The molecule has 6 heavy (non-hydrogen) atoms. The van der Waals surface area contributed by atoms with Gasteiger partial charge in [0, 0.05) is 32.7 Å². The third-order valence-corrected chi connectivity index (χ3v) is 0.186. The van der Waals surface area contributed by atoms with Crippen LogP contribution in [0.1, 0.15) is 6.92 Å². The van der Waals surface area contributed by atoms with E-state index in [0.29, 0.717) is 0 Å².